The second kappa shape index (κ2) is 12.4. The molecule has 7 rings (SSSR count). The molecule has 2 aliphatic rings. The molecule has 0 radical (unpaired) electrons. The Morgan fingerprint density at radius 1 is 0.735 bits per heavy atom. The summed E-state index contributed by atoms with van der Waals surface area (Å²) in [7, 11) is -2.16. The van der Waals surface area contributed by atoms with Gasteiger partial charge in [0.2, 0.25) is 0 Å². The molecule has 0 unspecified atom stereocenters. The molecule has 0 aliphatic carbocycles. The summed E-state index contributed by atoms with van der Waals surface area (Å²) in [6.07, 6.45) is 4.17. The van der Waals surface area contributed by atoms with Crippen LogP contribution in [0.25, 0.3) is 16.7 Å². The topological polar surface area (TPSA) is 57.7 Å². The van der Waals surface area contributed by atoms with Crippen molar-refractivity contribution < 1.29 is 13.2 Å². The molecule has 1 amide bonds. The Hall–Kier alpha value is -5.17. The van der Waals surface area contributed by atoms with Crippen molar-refractivity contribution in [3.8, 4) is 0 Å². The number of benzene rings is 5. The first-order chi connectivity index (χ1) is 23.5. The number of para-hydroxylation sites is 2. The van der Waals surface area contributed by atoms with E-state index in [4.69, 9.17) is 11.6 Å². The van der Waals surface area contributed by atoms with Crippen LogP contribution in [0.15, 0.2) is 150 Å². The predicted octanol–water partition coefficient (Wildman–Crippen LogP) is 9.69. The van der Waals surface area contributed by atoms with Crippen LogP contribution in [-0.2, 0) is 20.2 Å². The Morgan fingerprint density at radius 3 is 2.02 bits per heavy atom. The average Bonchev–Trinajstić information content (AvgIpc) is 3.50. The third-order valence-electron chi connectivity index (χ3n) is 9.41. The smallest absolute Gasteiger partial charge is 0.273 e. The number of sulfonamides is 1. The molecule has 2 aliphatic heterocycles. The van der Waals surface area contributed by atoms with E-state index in [1.165, 1.54) is 5.56 Å². The second-order valence-corrected chi connectivity index (χ2v) is 15.1. The number of hydrogen-bond acceptors (Lipinski definition) is 4. The van der Waals surface area contributed by atoms with Gasteiger partial charge < -0.3 is 4.90 Å². The SMILES string of the molecule is Cc1ccc(S(=O)(=O)N2C(=O)/C(=C(/C=C(\C=C3\N(C)c4ccccc4C3(C)C)c3ccc(Cl)cc3)c3ccccc3)c3ccccc32)cc1. The number of hydrogen-bond donors (Lipinski definition) is 0. The molecule has 0 aromatic heterocycles. The van der Waals surface area contributed by atoms with Gasteiger partial charge in [0.25, 0.3) is 15.9 Å². The molecule has 0 bridgehead atoms. The Kier molecular flexibility index (Phi) is 8.18. The van der Waals surface area contributed by atoms with Gasteiger partial charge in [-0.2, -0.15) is 4.31 Å². The lowest BCUT2D eigenvalue weighted by Gasteiger charge is -2.25. The minimum Gasteiger partial charge on any atom is -0.347 e. The lowest BCUT2D eigenvalue weighted by Crippen LogP contribution is -2.33. The summed E-state index contributed by atoms with van der Waals surface area (Å²) in [5.41, 5.74) is 8.35. The van der Waals surface area contributed by atoms with Gasteiger partial charge in [-0.25, -0.2) is 8.42 Å². The van der Waals surface area contributed by atoms with E-state index in [0.717, 1.165) is 38.0 Å². The Bertz CT molecular complexity index is 2300. The molecule has 0 atom stereocenters. The van der Waals surface area contributed by atoms with E-state index in [1.807, 2.05) is 85.8 Å². The van der Waals surface area contributed by atoms with Gasteiger partial charge >= 0.3 is 0 Å². The Morgan fingerprint density at radius 2 is 1.35 bits per heavy atom. The Labute approximate surface area is 293 Å². The zero-order valence-electron chi connectivity index (χ0n) is 27.7. The van der Waals surface area contributed by atoms with E-state index >= 15 is 0 Å². The second-order valence-electron chi connectivity index (χ2n) is 12.9. The normalized spacial score (nSPS) is 17.4. The van der Waals surface area contributed by atoms with Crippen LogP contribution in [0.2, 0.25) is 5.02 Å². The lowest BCUT2D eigenvalue weighted by molar-refractivity contribution is -0.111. The number of likely N-dealkylation sites (N-methyl/N-ethyl adjacent to an activating group) is 1. The Balaban J connectivity index is 1.50. The van der Waals surface area contributed by atoms with Gasteiger partial charge in [0, 0.05) is 34.4 Å². The number of carbonyl (C=O) groups excluding carboxylic acids is 1. The molecule has 5 nitrogen and oxygen atoms in total. The minimum absolute atomic E-state index is 0.0527. The molecule has 0 spiro atoms. The van der Waals surface area contributed by atoms with E-state index in [9.17, 15) is 13.2 Å². The van der Waals surface area contributed by atoms with Crippen molar-refractivity contribution in [3.63, 3.8) is 0 Å². The summed E-state index contributed by atoms with van der Waals surface area (Å²) in [5.74, 6) is -0.606. The quantitative estimate of drug-likeness (QED) is 0.167. The third kappa shape index (κ3) is 5.61. The van der Waals surface area contributed by atoms with Crippen molar-refractivity contribution in [1.82, 2.24) is 0 Å². The molecule has 49 heavy (non-hydrogen) atoms. The number of aryl methyl sites for hydroxylation is 1. The maximum Gasteiger partial charge on any atom is 0.273 e. The van der Waals surface area contributed by atoms with Gasteiger partial charge in [-0.1, -0.05) is 122 Å². The van der Waals surface area contributed by atoms with Gasteiger partial charge in [-0.05, 0) is 83.3 Å². The molecule has 5 aromatic rings. The fourth-order valence-electron chi connectivity index (χ4n) is 6.83. The van der Waals surface area contributed by atoms with Crippen LogP contribution in [0.3, 0.4) is 0 Å². The number of fused-ring (bicyclic) bond motifs is 2. The minimum atomic E-state index is -4.23. The van der Waals surface area contributed by atoms with Gasteiger partial charge in [0.15, 0.2) is 0 Å². The zero-order chi connectivity index (χ0) is 34.5. The standard InChI is InChI=1S/C42H35ClN2O3S/c1-28-18-24-33(25-19-28)49(47,48)45-37-16-10-8-14-34(37)40(41(45)46)35(30-12-6-5-7-13-30)26-31(29-20-22-32(43)23-21-29)27-39-42(2,3)36-15-9-11-17-38(36)44(39)4/h5-27H,1-4H3/b31-26+,39-27+,40-35-. The molecule has 0 saturated heterocycles. The van der Waals surface area contributed by atoms with Gasteiger partial charge in [-0.15, -0.1) is 0 Å². The fourth-order valence-corrected chi connectivity index (χ4v) is 8.38. The van der Waals surface area contributed by atoms with Crippen LogP contribution in [0.1, 0.15) is 41.7 Å². The van der Waals surface area contributed by atoms with Crippen molar-refractivity contribution in [1.29, 1.82) is 0 Å². The van der Waals surface area contributed by atoms with Crippen LogP contribution >= 0.6 is 11.6 Å². The maximum atomic E-state index is 14.7. The van der Waals surface area contributed by atoms with Crippen LogP contribution < -0.4 is 9.21 Å². The highest BCUT2D eigenvalue weighted by atomic mass is 35.5. The van der Waals surface area contributed by atoms with Crippen LogP contribution in [0, 0.1) is 6.92 Å². The highest BCUT2D eigenvalue weighted by molar-refractivity contribution is 7.93. The van der Waals surface area contributed by atoms with Crippen molar-refractivity contribution in [2.24, 2.45) is 0 Å². The van der Waals surface area contributed by atoms with Gasteiger partial charge in [0.1, 0.15) is 0 Å². The van der Waals surface area contributed by atoms with E-state index in [1.54, 1.807) is 36.4 Å². The molecular formula is C42H35ClN2O3S. The van der Waals surface area contributed by atoms with Crippen molar-refractivity contribution in [2.75, 3.05) is 16.3 Å². The van der Waals surface area contributed by atoms with Crippen LogP contribution in [0.5, 0.6) is 0 Å². The average molecular weight is 683 g/mol. The summed E-state index contributed by atoms with van der Waals surface area (Å²) in [5, 5.41) is 0.611. The largest absolute Gasteiger partial charge is 0.347 e. The predicted molar refractivity (Wildman–Crippen MR) is 201 cm³/mol. The summed E-state index contributed by atoms with van der Waals surface area (Å²) in [4.78, 5) is 17.0. The molecule has 0 saturated carbocycles. The third-order valence-corrected chi connectivity index (χ3v) is 11.4. The van der Waals surface area contributed by atoms with Crippen molar-refractivity contribution in [3.05, 3.63) is 178 Å². The van der Waals surface area contributed by atoms with E-state index in [2.05, 4.69) is 50.1 Å². The lowest BCUT2D eigenvalue weighted by atomic mass is 9.82. The molecule has 244 valence electrons. The van der Waals surface area contributed by atoms with E-state index < -0.39 is 15.9 Å². The highest BCUT2D eigenvalue weighted by Gasteiger charge is 2.42. The summed E-state index contributed by atoms with van der Waals surface area (Å²) < 4.78 is 29.3. The van der Waals surface area contributed by atoms with Crippen molar-refractivity contribution in [2.45, 2.75) is 31.1 Å². The summed E-state index contributed by atoms with van der Waals surface area (Å²) >= 11 is 6.35. The van der Waals surface area contributed by atoms with E-state index in [-0.39, 0.29) is 10.3 Å². The molecule has 0 fully saturated rings. The fraction of sp³-hybridized carbons (Fsp3) is 0.119. The maximum absolute atomic E-state index is 14.7. The van der Waals surface area contributed by atoms with Crippen LogP contribution in [-0.4, -0.2) is 21.4 Å². The first-order valence-electron chi connectivity index (χ1n) is 16.1. The first-order valence-corrected chi connectivity index (χ1v) is 17.9. The molecular weight excluding hydrogens is 648 g/mol. The number of carbonyl (C=O) groups is 1. The molecule has 7 heteroatoms. The van der Waals surface area contributed by atoms with Crippen LogP contribution in [0.4, 0.5) is 11.4 Å². The number of allylic oxidation sites excluding steroid dienone is 5. The summed E-state index contributed by atoms with van der Waals surface area (Å²) in [6.45, 7) is 6.31. The summed E-state index contributed by atoms with van der Waals surface area (Å²) in [6, 6.07) is 39.3. The monoisotopic (exact) mass is 682 g/mol. The molecule has 2 heterocycles. The number of nitrogens with zero attached hydrogens (tertiary/aromatic N) is 2. The van der Waals surface area contributed by atoms with Gasteiger partial charge in [-0.3, -0.25) is 4.79 Å². The first kappa shape index (κ1) is 32.4. The number of anilines is 2. The number of rotatable bonds is 6. The van der Waals surface area contributed by atoms with E-state index in [0.29, 0.717) is 27.4 Å². The molecule has 0 N–H and O–H groups in total. The number of halogens is 1. The van der Waals surface area contributed by atoms with Crippen molar-refractivity contribution >= 4 is 55.6 Å². The van der Waals surface area contributed by atoms with Gasteiger partial charge in [0.05, 0.1) is 16.2 Å². The zero-order valence-corrected chi connectivity index (χ0v) is 29.3. The number of amides is 1. The molecule has 5 aromatic carbocycles. The highest BCUT2D eigenvalue weighted by Crippen LogP contribution is 2.48.